The van der Waals surface area contributed by atoms with Crippen LogP contribution >= 0.6 is 11.6 Å². The predicted molar refractivity (Wildman–Crippen MR) is 175 cm³/mol. The van der Waals surface area contributed by atoms with Gasteiger partial charge in [-0.3, -0.25) is 14.5 Å². The Hall–Kier alpha value is -4.57. The number of piperazine rings is 1. The summed E-state index contributed by atoms with van der Waals surface area (Å²) in [7, 11) is 0. The number of fused-ring (bicyclic) bond motifs is 1. The summed E-state index contributed by atoms with van der Waals surface area (Å²) in [5.74, 6) is -1.71. The Morgan fingerprint density at radius 2 is 1.54 bits per heavy atom. The van der Waals surface area contributed by atoms with E-state index in [1.54, 1.807) is 62.1 Å². The van der Waals surface area contributed by atoms with Gasteiger partial charge < -0.3 is 25.0 Å². The number of anilines is 1. The molecule has 2 atom stereocenters. The number of nitrogens with zero attached hydrogens (tertiary/aromatic N) is 3. The maximum absolute atomic E-state index is 14.1. The molecule has 1 saturated heterocycles. The van der Waals surface area contributed by atoms with Crippen molar-refractivity contribution in [3.8, 4) is 0 Å². The number of hydrogen-bond acceptors (Lipinski definition) is 6. The molecule has 10 nitrogen and oxygen atoms in total. The highest BCUT2D eigenvalue weighted by Gasteiger charge is 2.39. The fourth-order valence-corrected chi connectivity index (χ4v) is 6.04. The summed E-state index contributed by atoms with van der Waals surface area (Å²) in [6, 6.07) is 19.8. The molecule has 0 radical (unpaired) electrons. The first-order valence-electron chi connectivity index (χ1n) is 15.4. The molecule has 0 spiro atoms. The van der Waals surface area contributed by atoms with Gasteiger partial charge in [0.2, 0.25) is 11.8 Å². The maximum atomic E-state index is 14.1. The zero-order chi connectivity index (χ0) is 33.0. The molecule has 46 heavy (non-hydrogen) atoms. The van der Waals surface area contributed by atoms with E-state index in [4.69, 9.17) is 16.3 Å². The highest BCUT2D eigenvalue weighted by atomic mass is 35.5. The Labute approximate surface area is 273 Å². The van der Waals surface area contributed by atoms with Gasteiger partial charge in [0.05, 0.1) is 17.8 Å². The van der Waals surface area contributed by atoms with E-state index >= 15 is 0 Å². The van der Waals surface area contributed by atoms with Gasteiger partial charge in [0, 0.05) is 44.0 Å². The average Bonchev–Trinajstić information content (AvgIpc) is 3.03. The lowest BCUT2D eigenvalue weighted by atomic mass is 9.93. The molecular formula is C35H39ClN4O6. The van der Waals surface area contributed by atoms with Crippen LogP contribution in [0.5, 0.6) is 0 Å². The first-order chi connectivity index (χ1) is 21.9. The normalized spacial score (nSPS) is 17.1. The number of aromatic carboxylic acids is 1. The largest absolute Gasteiger partial charge is 0.478 e. The van der Waals surface area contributed by atoms with Gasteiger partial charge in [-0.1, -0.05) is 60.1 Å². The van der Waals surface area contributed by atoms with Crippen molar-refractivity contribution in [2.24, 2.45) is 0 Å². The number of hydrogen-bond donors (Lipinski definition) is 2. The number of carboxylic acid groups (broad SMARTS) is 1. The topological polar surface area (TPSA) is 119 Å². The molecule has 11 heteroatoms. The van der Waals surface area contributed by atoms with Crippen LogP contribution in [-0.2, 0) is 33.7 Å². The minimum atomic E-state index is -1.01. The number of carbonyl (C=O) groups excluding carboxylic acids is 3. The van der Waals surface area contributed by atoms with E-state index in [1.807, 2.05) is 41.3 Å². The van der Waals surface area contributed by atoms with E-state index in [1.165, 1.54) is 4.90 Å². The minimum Gasteiger partial charge on any atom is -0.478 e. The number of rotatable bonds is 7. The van der Waals surface area contributed by atoms with Crippen molar-refractivity contribution in [2.75, 3.05) is 31.1 Å². The van der Waals surface area contributed by atoms with E-state index in [9.17, 15) is 24.3 Å². The Kier molecular flexibility index (Phi) is 9.86. The number of para-hydroxylation sites is 1. The monoisotopic (exact) mass is 646 g/mol. The lowest BCUT2D eigenvalue weighted by molar-refractivity contribution is -0.138. The number of amides is 3. The standard InChI is InChI=1S/C35H39ClN4O6/c1-35(2,3)46-34(45)40-22-25-9-5-4-8-24(25)21-30(40)31(41)37-28(20-23-12-14-26(36)15-13-23)32(42)39-18-16-38(17-19-39)29-11-7-6-10-27(29)33(43)44/h4-15,28,30H,16-22H2,1-3H3,(H,37,41)(H,43,44)/t28-,30+/m1/s1. The zero-order valence-electron chi connectivity index (χ0n) is 26.2. The molecule has 2 heterocycles. The highest BCUT2D eigenvalue weighted by molar-refractivity contribution is 6.30. The molecule has 5 rings (SSSR count). The molecule has 3 amide bonds. The summed E-state index contributed by atoms with van der Waals surface area (Å²) in [4.78, 5) is 58.3. The van der Waals surface area contributed by atoms with Crippen LogP contribution in [0.25, 0.3) is 0 Å². The van der Waals surface area contributed by atoms with Gasteiger partial charge in [-0.25, -0.2) is 9.59 Å². The van der Waals surface area contributed by atoms with Crippen molar-refractivity contribution in [1.29, 1.82) is 0 Å². The lowest BCUT2D eigenvalue weighted by Crippen LogP contribution is -2.59. The summed E-state index contributed by atoms with van der Waals surface area (Å²) in [6.45, 7) is 7.10. The van der Waals surface area contributed by atoms with Gasteiger partial charge in [0.25, 0.3) is 0 Å². The van der Waals surface area contributed by atoms with E-state index in [2.05, 4.69) is 5.32 Å². The number of nitrogens with one attached hydrogen (secondary N) is 1. The quantitative estimate of drug-likeness (QED) is 0.379. The van der Waals surface area contributed by atoms with E-state index < -0.39 is 35.7 Å². The Morgan fingerprint density at radius 3 is 2.20 bits per heavy atom. The molecule has 0 aromatic heterocycles. The fraction of sp³-hybridized carbons (Fsp3) is 0.371. The molecule has 2 N–H and O–H groups in total. The van der Waals surface area contributed by atoms with Crippen molar-refractivity contribution in [1.82, 2.24) is 15.1 Å². The Bertz CT molecular complexity index is 1600. The van der Waals surface area contributed by atoms with Crippen LogP contribution < -0.4 is 10.2 Å². The molecule has 0 bridgehead atoms. The molecule has 0 aliphatic carbocycles. The minimum absolute atomic E-state index is 0.207. The molecular weight excluding hydrogens is 608 g/mol. The number of halogens is 1. The van der Waals surface area contributed by atoms with Gasteiger partial charge in [0.1, 0.15) is 17.7 Å². The van der Waals surface area contributed by atoms with Crippen LogP contribution in [0, 0.1) is 0 Å². The van der Waals surface area contributed by atoms with Crippen molar-refractivity contribution in [3.05, 3.63) is 100 Å². The SMILES string of the molecule is CC(C)(C)OC(=O)N1Cc2ccccc2C[C@H]1C(=O)N[C@H](Cc1ccc(Cl)cc1)C(=O)N1CCN(c2ccccc2C(=O)O)CC1. The van der Waals surface area contributed by atoms with Gasteiger partial charge in [-0.05, 0) is 61.7 Å². The molecule has 1 fully saturated rings. The number of carbonyl (C=O) groups is 4. The molecule has 242 valence electrons. The van der Waals surface area contributed by atoms with Crippen molar-refractivity contribution >= 4 is 41.2 Å². The Balaban J connectivity index is 1.36. The second-order valence-electron chi connectivity index (χ2n) is 12.6. The second-order valence-corrected chi connectivity index (χ2v) is 13.1. The first kappa shape index (κ1) is 32.8. The second kappa shape index (κ2) is 13.8. The summed E-state index contributed by atoms with van der Waals surface area (Å²) >= 11 is 6.11. The van der Waals surface area contributed by atoms with Crippen molar-refractivity contribution < 1.29 is 29.0 Å². The first-order valence-corrected chi connectivity index (χ1v) is 15.7. The summed E-state index contributed by atoms with van der Waals surface area (Å²) in [6.07, 6.45) is -0.0925. The summed E-state index contributed by atoms with van der Waals surface area (Å²) in [5, 5.41) is 13.2. The van der Waals surface area contributed by atoms with Gasteiger partial charge in [0.15, 0.2) is 0 Å². The number of carboxylic acids is 1. The van der Waals surface area contributed by atoms with Crippen LogP contribution in [0.4, 0.5) is 10.5 Å². The molecule has 0 unspecified atom stereocenters. The average molecular weight is 647 g/mol. The van der Waals surface area contributed by atoms with E-state index in [0.29, 0.717) is 36.9 Å². The highest BCUT2D eigenvalue weighted by Crippen LogP contribution is 2.27. The van der Waals surface area contributed by atoms with Gasteiger partial charge >= 0.3 is 12.1 Å². The summed E-state index contributed by atoms with van der Waals surface area (Å²) in [5.41, 5.74) is 2.77. The van der Waals surface area contributed by atoms with Crippen molar-refractivity contribution in [2.45, 2.75) is 57.8 Å². The molecule has 3 aromatic carbocycles. The molecule has 2 aliphatic rings. The Morgan fingerprint density at radius 1 is 0.913 bits per heavy atom. The van der Waals surface area contributed by atoms with Crippen molar-refractivity contribution in [3.63, 3.8) is 0 Å². The maximum Gasteiger partial charge on any atom is 0.411 e. The van der Waals surface area contributed by atoms with E-state index in [-0.39, 0.29) is 30.9 Å². The van der Waals surface area contributed by atoms with Crippen LogP contribution in [0.3, 0.4) is 0 Å². The number of benzene rings is 3. The van der Waals surface area contributed by atoms with Crippen LogP contribution in [0.1, 0.15) is 47.8 Å². The third kappa shape index (κ3) is 7.80. The summed E-state index contributed by atoms with van der Waals surface area (Å²) < 4.78 is 5.67. The van der Waals surface area contributed by atoms with E-state index in [0.717, 1.165) is 16.7 Å². The molecule has 3 aromatic rings. The zero-order valence-corrected chi connectivity index (χ0v) is 27.0. The van der Waals surface area contributed by atoms with Crippen LogP contribution in [-0.4, -0.2) is 82.6 Å². The fourth-order valence-electron chi connectivity index (χ4n) is 5.91. The number of ether oxygens (including phenoxy) is 1. The smallest absolute Gasteiger partial charge is 0.411 e. The van der Waals surface area contributed by atoms with Crippen LogP contribution in [0.2, 0.25) is 5.02 Å². The molecule has 0 saturated carbocycles. The molecule has 2 aliphatic heterocycles. The lowest BCUT2D eigenvalue weighted by Gasteiger charge is -2.39. The third-order valence-corrected chi connectivity index (χ3v) is 8.47. The third-order valence-electron chi connectivity index (χ3n) is 8.21. The van der Waals surface area contributed by atoms with Crippen LogP contribution in [0.15, 0.2) is 72.8 Å². The van der Waals surface area contributed by atoms with Gasteiger partial charge in [-0.2, -0.15) is 0 Å². The predicted octanol–water partition coefficient (Wildman–Crippen LogP) is 4.78. The van der Waals surface area contributed by atoms with Gasteiger partial charge in [-0.15, -0.1) is 0 Å².